The predicted molar refractivity (Wildman–Crippen MR) is 156 cm³/mol. The van der Waals surface area contributed by atoms with Crippen molar-refractivity contribution in [2.24, 2.45) is 0 Å². The molecule has 2 fully saturated rings. The van der Waals surface area contributed by atoms with E-state index in [1.807, 2.05) is 32.0 Å². The van der Waals surface area contributed by atoms with Crippen molar-refractivity contribution in [3.8, 4) is 11.5 Å². The SMILES string of the molecule is CC(=O)c1cc(Br)ccc1O.CC1(C)CC(=O)CCO1.CC1(C)CC2(CCO1)CC(=O)c1cc(Br)ccc1O2. The molecular weight excluding hydrogens is 632 g/mol. The molecule has 3 heterocycles. The van der Waals surface area contributed by atoms with Gasteiger partial charge in [-0.1, -0.05) is 31.9 Å². The van der Waals surface area contributed by atoms with E-state index in [1.165, 1.54) is 13.0 Å². The van der Waals surface area contributed by atoms with Gasteiger partial charge in [-0.3, -0.25) is 14.4 Å². The van der Waals surface area contributed by atoms with Gasteiger partial charge in [0.15, 0.2) is 11.6 Å². The Balaban J connectivity index is 0.000000179. The summed E-state index contributed by atoms with van der Waals surface area (Å²) in [6.07, 6.45) is 3.15. The first-order chi connectivity index (χ1) is 18.1. The standard InChI is InChI=1S/C15H17BrO3.C8H7BrO2.C7H12O2/c1-14(2)9-15(5-6-18-14)8-12(17)11-7-10(16)3-4-13(11)19-15;1-5(10)7-4-6(9)2-3-8(7)11;1-7(2)5-6(8)3-4-9-7/h3-4,7H,5-6,8-9H2,1-2H3;2-4,11H,1H3;3-5H2,1-2H3. The van der Waals surface area contributed by atoms with Gasteiger partial charge < -0.3 is 19.3 Å². The average Bonchev–Trinajstić information content (AvgIpc) is 2.80. The molecule has 2 aromatic carbocycles. The molecule has 0 radical (unpaired) electrons. The van der Waals surface area contributed by atoms with E-state index in [2.05, 4.69) is 45.7 Å². The fourth-order valence-electron chi connectivity index (χ4n) is 4.98. The molecular formula is C30H36Br2O7. The van der Waals surface area contributed by atoms with Crippen molar-refractivity contribution >= 4 is 49.2 Å². The Bertz CT molecular complexity index is 1240. The smallest absolute Gasteiger partial charge is 0.170 e. The van der Waals surface area contributed by atoms with Crippen LogP contribution in [0.1, 0.15) is 87.4 Å². The molecule has 212 valence electrons. The molecule has 1 N–H and O–H groups in total. The normalized spacial score (nSPS) is 22.8. The third-order valence-electron chi connectivity index (χ3n) is 6.68. The summed E-state index contributed by atoms with van der Waals surface area (Å²) in [6, 6.07) is 10.4. The summed E-state index contributed by atoms with van der Waals surface area (Å²) in [6.45, 7) is 10.7. The van der Waals surface area contributed by atoms with Crippen LogP contribution in [0.2, 0.25) is 0 Å². The summed E-state index contributed by atoms with van der Waals surface area (Å²) in [4.78, 5) is 34.0. The number of carbonyl (C=O) groups is 3. The molecule has 0 aliphatic carbocycles. The second-order valence-electron chi connectivity index (χ2n) is 11.4. The van der Waals surface area contributed by atoms with Crippen LogP contribution in [-0.4, -0.2) is 52.5 Å². The second kappa shape index (κ2) is 12.6. The van der Waals surface area contributed by atoms with Crippen LogP contribution >= 0.6 is 31.9 Å². The molecule has 2 aromatic rings. The minimum atomic E-state index is -0.389. The number of benzene rings is 2. The molecule has 1 atom stereocenters. The lowest BCUT2D eigenvalue weighted by Crippen LogP contribution is -2.52. The molecule has 1 spiro atoms. The molecule has 3 aliphatic heterocycles. The Morgan fingerprint density at radius 2 is 1.54 bits per heavy atom. The van der Waals surface area contributed by atoms with E-state index < -0.39 is 0 Å². The highest BCUT2D eigenvalue weighted by atomic mass is 79.9. The molecule has 2 saturated heterocycles. The summed E-state index contributed by atoms with van der Waals surface area (Å²) in [7, 11) is 0. The van der Waals surface area contributed by atoms with Gasteiger partial charge in [0.1, 0.15) is 22.9 Å². The van der Waals surface area contributed by atoms with Gasteiger partial charge in [0.25, 0.3) is 0 Å². The lowest BCUT2D eigenvalue weighted by Gasteiger charge is -2.46. The Kier molecular flexibility index (Phi) is 10.2. The van der Waals surface area contributed by atoms with Gasteiger partial charge >= 0.3 is 0 Å². The summed E-state index contributed by atoms with van der Waals surface area (Å²) in [5.41, 5.74) is 0.212. The van der Waals surface area contributed by atoms with E-state index in [0.717, 1.165) is 21.8 Å². The van der Waals surface area contributed by atoms with Crippen LogP contribution in [0.15, 0.2) is 45.3 Å². The maximum absolute atomic E-state index is 12.4. The van der Waals surface area contributed by atoms with Gasteiger partial charge in [0, 0.05) is 34.6 Å². The maximum Gasteiger partial charge on any atom is 0.170 e. The summed E-state index contributed by atoms with van der Waals surface area (Å²) in [5.74, 6) is 1.09. The number of halogens is 2. The highest BCUT2D eigenvalue weighted by molar-refractivity contribution is 9.10. The number of aromatic hydroxyl groups is 1. The number of phenolic OH excluding ortho intramolecular Hbond substituents is 1. The number of Topliss-reactive ketones (excluding diaryl/α,β-unsaturated/α-hetero) is 3. The van der Waals surface area contributed by atoms with Crippen LogP contribution in [-0.2, 0) is 14.3 Å². The topological polar surface area (TPSA) is 99.1 Å². The summed E-state index contributed by atoms with van der Waals surface area (Å²) >= 11 is 6.60. The van der Waals surface area contributed by atoms with E-state index >= 15 is 0 Å². The van der Waals surface area contributed by atoms with E-state index in [9.17, 15) is 14.4 Å². The summed E-state index contributed by atoms with van der Waals surface area (Å²) < 4.78 is 19.0. The first-order valence-corrected chi connectivity index (χ1v) is 14.5. The van der Waals surface area contributed by atoms with Crippen molar-refractivity contribution in [2.45, 2.75) is 83.5 Å². The first-order valence-electron chi connectivity index (χ1n) is 12.9. The quantitative estimate of drug-likeness (QED) is 0.320. The fraction of sp³-hybridized carbons (Fsp3) is 0.500. The molecule has 39 heavy (non-hydrogen) atoms. The van der Waals surface area contributed by atoms with Crippen molar-refractivity contribution in [3.63, 3.8) is 0 Å². The molecule has 0 aromatic heterocycles. The molecule has 0 bridgehead atoms. The van der Waals surface area contributed by atoms with Gasteiger partial charge in [-0.05, 0) is 71.0 Å². The zero-order valence-electron chi connectivity index (χ0n) is 23.1. The Morgan fingerprint density at radius 1 is 0.897 bits per heavy atom. The van der Waals surface area contributed by atoms with Crippen LogP contribution in [0.25, 0.3) is 0 Å². The zero-order valence-corrected chi connectivity index (χ0v) is 26.2. The van der Waals surface area contributed by atoms with Gasteiger partial charge in [-0.25, -0.2) is 0 Å². The monoisotopic (exact) mass is 666 g/mol. The predicted octanol–water partition coefficient (Wildman–Crippen LogP) is 7.24. The number of ether oxygens (including phenoxy) is 3. The molecule has 0 saturated carbocycles. The molecule has 9 heteroatoms. The Labute approximate surface area is 246 Å². The van der Waals surface area contributed by atoms with Crippen LogP contribution in [0.4, 0.5) is 0 Å². The van der Waals surface area contributed by atoms with Crippen molar-refractivity contribution < 1.29 is 33.7 Å². The van der Waals surface area contributed by atoms with Gasteiger partial charge in [-0.2, -0.15) is 0 Å². The fourth-order valence-corrected chi connectivity index (χ4v) is 5.70. The van der Waals surface area contributed by atoms with Crippen molar-refractivity contribution in [2.75, 3.05) is 13.2 Å². The number of carbonyl (C=O) groups excluding carboxylic acids is 3. The Hall–Kier alpha value is -2.07. The molecule has 3 aliphatic rings. The van der Waals surface area contributed by atoms with E-state index in [-0.39, 0.29) is 34.1 Å². The van der Waals surface area contributed by atoms with Gasteiger partial charge in [0.2, 0.25) is 0 Å². The highest BCUT2D eigenvalue weighted by Gasteiger charge is 2.47. The van der Waals surface area contributed by atoms with Crippen LogP contribution in [0, 0.1) is 0 Å². The number of rotatable bonds is 1. The van der Waals surface area contributed by atoms with Gasteiger partial charge in [-0.15, -0.1) is 0 Å². The summed E-state index contributed by atoms with van der Waals surface area (Å²) in [5, 5.41) is 9.16. The zero-order chi connectivity index (χ0) is 29.0. The lowest BCUT2D eigenvalue weighted by molar-refractivity contribution is -0.135. The third kappa shape index (κ3) is 8.96. The lowest BCUT2D eigenvalue weighted by atomic mass is 9.78. The number of hydrogen-bond donors (Lipinski definition) is 1. The molecule has 0 amide bonds. The maximum atomic E-state index is 12.4. The Morgan fingerprint density at radius 3 is 2.10 bits per heavy atom. The average molecular weight is 668 g/mol. The second-order valence-corrected chi connectivity index (χ2v) is 13.2. The molecule has 5 rings (SSSR count). The number of fused-ring (bicyclic) bond motifs is 1. The van der Waals surface area contributed by atoms with E-state index in [4.69, 9.17) is 19.3 Å². The first kappa shape index (κ1) is 31.5. The van der Waals surface area contributed by atoms with Crippen LogP contribution < -0.4 is 4.74 Å². The molecule has 1 unspecified atom stereocenters. The molecule has 7 nitrogen and oxygen atoms in total. The number of hydrogen-bond acceptors (Lipinski definition) is 7. The minimum Gasteiger partial charge on any atom is -0.507 e. The van der Waals surface area contributed by atoms with Crippen molar-refractivity contribution in [3.05, 3.63) is 56.5 Å². The van der Waals surface area contributed by atoms with Crippen LogP contribution in [0.3, 0.4) is 0 Å². The third-order valence-corrected chi connectivity index (χ3v) is 7.67. The van der Waals surface area contributed by atoms with Crippen molar-refractivity contribution in [1.29, 1.82) is 0 Å². The van der Waals surface area contributed by atoms with Crippen molar-refractivity contribution in [1.82, 2.24) is 0 Å². The highest BCUT2D eigenvalue weighted by Crippen LogP contribution is 2.43. The van der Waals surface area contributed by atoms with Gasteiger partial charge in [0.05, 0.1) is 42.0 Å². The van der Waals surface area contributed by atoms with Crippen LogP contribution in [0.5, 0.6) is 11.5 Å². The van der Waals surface area contributed by atoms with E-state index in [0.29, 0.717) is 55.1 Å². The minimum absolute atomic E-state index is 0.0284. The number of phenols is 1. The van der Waals surface area contributed by atoms with E-state index in [1.54, 1.807) is 12.1 Å². The largest absolute Gasteiger partial charge is 0.507 e. The number of ketones is 3.